The van der Waals surface area contributed by atoms with Crippen molar-refractivity contribution in [2.45, 2.75) is 32.4 Å². The first-order chi connectivity index (χ1) is 9.00. The molecule has 1 aromatic rings. The van der Waals surface area contributed by atoms with E-state index in [2.05, 4.69) is 4.98 Å². The van der Waals surface area contributed by atoms with Crippen LogP contribution in [0.25, 0.3) is 0 Å². The molecule has 1 aliphatic heterocycles. The maximum atomic E-state index is 12.7. The van der Waals surface area contributed by atoms with E-state index in [-0.39, 0.29) is 5.91 Å². The lowest BCUT2D eigenvalue weighted by Crippen LogP contribution is -2.46. The molecule has 1 atom stereocenters. The minimum atomic E-state index is -0.761. The highest BCUT2D eigenvalue weighted by Gasteiger charge is 2.30. The number of alkyl halides is 1. The van der Waals surface area contributed by atoms with Crippen LogP contribution in [0.5, 0.6) is 0 Å². The lowest BCUT2D eigenvalue weighted by Gasteiger charge is -2.33. The smallest absolute Gasteiger partial charge is 0.275 e. The molecule has 0 bridgehead atoms. The summed E-state index contributed by atoms with van der Waals surface area (Å²) in [6, 6.07) is 0. The summed E-state index contributed by atoms with van der Waals surface area (Å²) in [7, 11) is 3.75. The second kappa shape index (κ2) is 5.59. The molecule has 0 fully saturated rings. The summed E-state index contributed by atoms with van der Waals surface area (Å²) < 4.78 is 14.5. The van der Waals surface area contributed by atoms with E-state index in [1.165, 1.54) is 0 Å². The molecule has 6 heteroatoms. The summed E-state index contributed by atoms with van der Waals surface area (Å²) in [6.45, 7) is 2.79. The zero-order chi connectivity index (χ0) is 14.0. The highest BCUT2D eigenvalue weighted by Crippen LogP contribution is 2.24. The van der Waals surface area contributed by atoms with Crippen molar-refractivity contribution in [3.05, 3.63) is 12.0 Å². The lowest BCUT2D eigenvalue weighted by atomic mass is 10.1. The molecule has 0 aliphatic carbocycles. The number of imidazole rings is 1. The van der Waals surface area contributed by atoms with Gasteiger partial charge < -0.3 is 14.4 Å². The summed E-state index contributed by atoms with van der Waals surface area (Å²) in [5.74, 6) is 0.752. The number of anilines is 1. The van der Waals surface area contributed by atoms with Crippen LogP contribution in [0.3, 0.4) is 0 Å². The largest absolute Gasteiger partial charge is 0.340 e. The topological polar surface area (TPSA) is 41.4 Å². The third-order valence-corrected chi connectivity index (χ3v) is 3.43. The van der Waals surface area contributed by atoms with Crippen molar-refractivity contribution in [2.75, 3.05) is 25.2 Å². The van der Waals surface area contributed by atoms with E-state index >= 15 is 0 Å². The lowest BCUT2D eigenvalue weighted by molar-refractivity contribution is 0.0730. The van der Waals surface area contributed by atoms with Crippen molar-refractivity contribution in [2.24, 2.45) is 7.05 Å². The van der Waals surface area contributed by atoms with Gasteiger partial charge >= 0.3 is 0 Å². The SMILES string of the molecule is CC(F)CCCCN1CN(C)c2ncn(C)c2C1=O. The van der Waals surface area contributed by atoms with Gasteiger partial charge in [-0.2, -0.15) is 0 Å². The monoisotopic (exact) mass is 268 g/mol. The van der Waals surface area contributed by atoms with Gasteiger partial charge in [0.25, 0.3) is 5.91 Å². The van der Waals surface area contributed by atoms with Gasteiger partial charge in [-0.05, 0) is 26.2 Å². The van der Waals surface area contributed by atoms with Crippen molar-refractivity contribution in [3.63, 3.8) is 0 Å². The average Bonchev–Trinajstić information content (AvgIpc) is 2.73. The molecule has 0 aromatic carbocycles. The van der Waals surface area contributed by atoms with Crippen LogP contribution >= 0.6 is 0 Å². The van der Waals surface area contributed by atoms with Gasteiger partial charge in [-0.3, -0.25) is 4.79 Å². The van der Waals surface area contributed by atoms with Crippen molar-refractivity contribution >= 4 is 11.7 Å². The van der Waals surface area contributed by atoms with Crippen molar-refractivity contribution in [1.82, 2.24) is 14.5 Å². The Labute approximate surface area is 113 Å². The third-order valence-electron chi connectivity index (χ3n) is 3.43. The number of fused-ring (bicyclic) bond motifs is 1. The van der Waals surface area contributed by atoms with Gasteiger partial charge in [-0.15, -0.1) is 0 Å². The summed E-state index contributed by atoms with van der Waals surface area (Å²) >= 11 is 0. The minimum absolute atomic E-state index is 0.0152. The Morgan fingerprint density at radius 1 is 1.42 bits per heavy atom. The molecule has 5 nitrogen and oxygen atoms in total. The quantitative estimate of drug-likeness (QED) is 0.765. The van der Waals surface area contributed by atoms with Gasteiger partial charge in [0.2, 0.25) is 0 Å². The maximum absolute atomic E-state index is 12.7. The molecule has 1 unspecified atom stereocenters. The fourth-order valence-electron chi connectivity index (χ4n) is 2.38. The number of hydrogen-bond donors (Lipinski definition) is 0. The first-order valence-electron chi connectivity index (χ1n) is 6.66. The van der Waals surface area contributed by atoms with Crippen molar-refractivity contribution in [1.29, 1.82) is 0 Å². The third kappa shape index (κ3) is 2.88. The molecule has 19 heavy (non-hydrogen) atoms. The van der Waals surface area contributed by atoms with Gasteiger partial charge in [0.05, 0.1) is 19.2 Å². The van der Waals surface area contributed by atoms with E-state index in [1.54, 1.807) is 22.7 Å². The Bertz CT molecular complexity index is 457. The summed E-state index contributed by atoms with van der Waals surface area (Å²) in [6.07, 6.45) is 3.11. The van der Waals surface area contributed by atoms with Crippen molar-refractivity contribution in [3.8, 4) is 0 Å². The molecule has 1 aromatic heterocycles. The first-order valence-corrected chi connectivity index (χ1v) is 6.66. The van der Waals surface area contributed by atoms with E-state index in [9.17, 15) is 9.18 Å². The average molecular weight is 268 g/mol. The first kappa shape index (κ1) is 13.8. The van der Waals surface area contributed by atoms with E-state index in [4.69, 9.17) is 0 Å². The molecule has 0 spiro atoms. The molecule has 1 amide bonds. The van der Waals surface area contributed by atoms with Gasteiger partial charge in [0.1, 0.15) is 0 Å². The second-order valence-electron chi connectivity index (χ2n) is 5.21. The Morgan fingerprint density at radius 3 is 2.84 bits per heavy atom. The molecule has 0 N–H and O–H groups in total. The molecule has 2 heterocycles. The van der Waals surface area contributed by atoms with Gasteiger partial charge in [0.15, 0.2) is 11.5 Å². The van der Waals surface area contributed by atoms with Crippen LogP contribution in [0.15, 0.2) is 6.33 Å². The normalized spacial score (nSPS) is 16.7. The van der Waals surface area contributed by atoms with Crippen LogP contribution in [0.2, 0.25) is 0 Å². The van der Waals surface area contributed by atoms with E-state index in [0.717, 1.165) is 18.7 Å². The zero-order valence-electron chi connectivity index (χ0n) is 11.8. The fraction of sp³-hybridized carbons (Fsp3) is 0.692. The molecule has 1 aliphatic rings. The van der Waals surface area contributed by atoms with Crippen LogP contribution in [0.4, 0.5) is 10.2 Å². The summed E-state index contributed by atoms with van der Waals surface area (Å²) in [5.41, 5.74) is 0.632. The van der Waals surface area contributed by atoms with Crippen LogP contribution in [-0.4, -0.2) is 46.8 Å². The number of carbonyl (C=O) groups excluding carboxylic acids is 1. The number of hydrogen-bond acceptors (Lipinski definition) is 3. The number of unbranched alkanes of at least 4 members (excludes halogenated alkanes) is 1. The Kier molecular flexibility index (Phi) is 4.07. The number of aromatic nitrogens is 2. The Balaban J connectivity index is 1.97. The Morgan fingerprint density at radius 2 is 2.16 bits per heavy atom. The summed E-state index contributed by atoms with van der Waals surface area (Å²) in [5, 5.41) is 0. The molecule has 0 saturated carbocycles. The highest BCUT2D eigenvalue weighted by atomic mass is 19.1. The fourth-order valence-corrected chi connectivity index (χ4v) is 2.38. The molecule has 0 saturated heterocycles. The number of carbonyl (C=O) groups is 1. The predicted molar refractivity (Wildman–Crippen MR) is 71.9 cm³/mol. The second-order valence-corrected chi connectivity index (χ2v) is 5.21. The molecule has 0 radical (unpaired) electrons. The van der Waals surface area contributed by atoms with Crippen LogP contribution in [-0.2, 0) is 7.05 Å². The number of nitrogens with zero attached hydrogens (tertiary/aromatic N) is 4. The molecule has 106 valence electrons. The van der Waals surface area contributed by atoms with E-state index in [0.29, 0.717) is 25.3 Å². The molecular formula is C13H21FN4O. The Hall–Kier alpha value is -1.59. The molecule has 2 rings (SSSR count). The number of amides is 1. The number of halogens is 1. The minimum Gasteiger partial charge on any atom is -0.340 e. The van der Waals surface area contributed by atoms with Crippen LogP contribution in [0.1, 0.15) is 36.7 Å². The maximum Gasteiger partial charge on any atom is 0.275 e. The van der Waals surface area contributed by atoms with Gasteiger partial charge in [-0.25, -0.2) is 9.37 Å². The molecular weight excluding hydrogens is 247 g/mol. The number of rotatable bonds is 5. The van der Waals surface area contributed by atoms with Gasteiger partial charge in [0, 0.05) is 20.6 Å². The van der Waals surface area contributed by atoms with Gasteiger partial charge in [-0.1, -0.05) is 0 Å². The standard InChI is InChI=1S/C13H21FN4O/c1-10(14)6-4-5-7-18-9-17(3)12-11(13(18)19)16(2)8-15-12/h8,10H,4-7,9H2,1-3H3. The van der Waals surface area contributed by atoms with Crippen molar-refractivity contribution < 1.29 is 9.18 Å². The summed E-state index contributed by atoms with van der Waals surface area (Å²) in [4.78, 5) is 20.3. The highest BCUT2D eigenvalue weighted by molar-refractivity contribution is 5.99. The van der Waals surface area contributed by atoms with Crippen LogP contribution in [0, 0.1) is 0 Å². The predicted octanol–water partition coefficient (Wildman–Crippen LogP) is 1.80. The van der Waals surface area contributed by atoms with E-state index < -0.39 is 6.17 Å². The van der Waals surface area contributed by atoms with Crippen LogP contribution < -0.4 is 4.90 Å². The number of aryl methyl sites for hydroxylation is 1. The van der Waals surface area contributed by atoms with E-state index in [1.807, 2.05) is 19.0 Å². The zero-order valence-corrected chi connectivity index (χ0v) is 11.8.